The average molecular weight is 1400 g/mol. The van der Waals surface area contributed by atoms with Crippen LogP contribution in [0.1, 0.15) is 108 Å². The summed E-state index contributed by atoms with van der Waals surface area (Å²) in [6.45, 7) is 0.650. The van der Waals surface area contributed by atoms with Gasteiger partial charge in [0, 0.05) is 50.7 Å². The Kier molecular flexibility index (Phi) is 35.9. The van der Waals surface area contributed by atoms with Crippen molar-refractivity contribution in [3.8, 4) is 0 Å². The van der Waals surface area contributed by atoms with Gasteiger partial charge >= 0.3 is 12.0 Å². The molecule has 2 aromatic rings. The van der Waals surface area contributed by atoms with E-state index >= 15 is 9.59 Å². The second-order valence-corrected chi connectivity index (χ2v) is 26.0. The number of unbranched alkanes of at least 4 members (excludes halogenated alkanes) is 2. The van der Waals surface area contributed by atoms with Crippen molar-refractivity contribution < 1.29 is 57.8 Å². The van der Waals surface area contributed by atoms with E-state index in [0.717, 1.165) is 32.4 Å². The normalized spacial score (nSPS) is 20.1. The number of primary amides is 1. The number of rotatable bonds is 35. The highest BCUT2D eigenvalue weighted by Gasteiger charge is 2.41. The summed E-state index contributed by atoms with van der Waals surface area (Å²) >= 11 is 0. The molecule has 10 atom stereocenters. The molecule has 4 rings (SSSR count). The number of aliphatic imine (C=N–C) groups is 3. The summed E-state index contributed by atoms with van der Waals surface area (Å²) in [6.07, 6.45) is 2.16. The van der Waals surface area contributed by atoms with Crippen LogP contribution in [0.3, 0.4) is 0 Å². The van der Waals surface area contributed by atoms with E-state index in [1.54, 1.807) is 6.07 Å². The van der Waals surface area contributed by atoms with Crippen molar-refractivity contribution in [2.24, 2.45) is 72.3 Å². The number of hydrogen-bond acceptors (Lipinski definition) is 19. The molecule has 11 amide bonds. The predicted octanol–water partition coefficient (Wildman–Crippen LogP) is -5.07. The molecule has 35 nitrogen and oxygen atoms in total. The SMILES string of the molecule is NCCCC[C@@H]1NC(=O)[C@@H](NC(=O)[C@H](CCCN=C(N)N)NC(=O)[C@H](Cc2ccc3ccccc3c2)NC(=O)[C@@H](N)CCCN=C(N)N)CSSC[C@@H](C(=O)N[C@@H](CCCN=C(N)N)C(=O)O)NC(=O)[C@H](CCCNC(N)=O)NC(=O)[C@@H]2CCCN2C(=O)[C@@H](CCCCN)NC1=O. The van der Waals surface area contributed by atoms with Gasteiger partial charge in [-0.15, -0.1) is 0 Å². The van der Waals surface area contributed by atoms with Crippen LogP contribution in [-0.4, -0.2) is 211 Å². The molecular weight excluding hydrogens is 1300 g/mol. The van der Waals surface area contributed by atoms with E-state index in [-0.39, 0.29) is 146 Å². The second kappa shape index (κ2) is 43.3. The molecule has 0 radical (unpaired) electrons. The lowest BCUT2D eigenvalue weighted by molar-refractivity contribution is -0.143. The van der Waals surface area contributed by atoms with Gasteiger partial charge in [-0.1, -0.05) is 64.1 Å². The minimum atomic E-state index is -1.59. The van der Waals surface area contributed by atoms with Gasteiger partial charge in [-0.3, -0.25) is 58.1 Å². The molecule has 2 heterocycles. The molecule has 2 aliphatic heterocycles. The number of carbonyl (C=O) groups is 11. The Morgan fingerprint density at radius 1 is 0.588 bits per heavy atom. The van der Waals surface area contributed by atoms with E-state index in [0.29, 0.717) is 44.1 Å². The number of benzene rings is 2. The quantitative estimate of drug-likeness (QED) is 0.0133. The first-order valence-electron chi connectivity index (χ1n) is 32.4. The highest BCUT2D eigenvalue weighted by atomic mass is 33.1. The van der Waals surface area contributed by atoms with Crippen molar-refractivity contribution in [1.29, 1.82) is 0 Å². The van der Waals surface area contributed by atoms with Gasteiger partial charge in [-0.2, -0.15) is 0 Å². The molecule has 30 N–H and O–H groups in total. The largest absolute Gasteiger partial charge is 0.480 e. The first-order chi connectivity index (χ1) is 46.3. The van der Waals surface area contributed by atoms with E-state index in [9.17, 15) is 48.3 Å². The van der Waals surface area contributed by atoms with Gasteiger partial charge in [0.2, 0.25) is 53.2 Å². The summed E-state index contributed by atoms with van der Waals surface area (Å²) in [7, 11) is 1.82. The van der Waals surface area contributed by atoms with Gasteiger partial charge in [-0.25, -0.2) is 9.59 Å². The minimum absolute atomic E-state index is 0.0119. The zero-order valence-corrected chi connectivity index (χ0v) is 56.1. The molecule has 97 heavy (non-hydrogen) atoms. The van der Waals surface area contributed by atoms with Crippen molar-refractivity contribution in [2.75, 3.05) is 57.3 Å². The molecule has 2 fully saturated rings. The number of urea groups is 1. The van der Waals surface area contributed by atoms with Crippen LogP contribution < -0.4 is 105 Å². The number of guanidine groups is 3. The zero-order chi connectivity index (χ0) is 71.4. The number of hydrogen-bond donors (Lipinski definition) is 20. The first-order valence-corrected chi connectivity index (χ1v) is 34.8. The maximum atomic E-state index is 15.1. The highest BCUT2D eigenvalue weighted by Crippen LogP contribution is 2.25. The summed E-state index contributed by atoms with van der Waals surface area (Å²) in [5, 5.41) is 36.0. The number of aliphatic carboxylic acids is 1. The smallest absolute Gasteiger partial charge is 0.326 e. The van der Waals surface area contributed by atoms with E-state index in [2.05, 4.69) is 62.8 Å². The van der Waals surface area contributed by atoms with Crippen molar-refractivity contribution in [3.05, 3.63) is 48.0 Å². The van der Waals surface area contributed by atoms with Gasteiger partial charge in [-0.05, 0) is 132 Å². The minimum Gasteiger partial charge on any atom is -0.480 e. The number of nitrogens with one attached hydrogen (secondary N) is 9. The van der Waals surface area contributed by atoms with Crippen LogP contribution in [0.25, 0.3) is 10.8 Å². The highest BCUT2D eigenvalue weighted by molar-refractivity contribution is 8.76. The maximum absolute atomic E-state index is 15.1. The standard InChI is InChI=1S/C60H99N23O12S2/c61-23-5-3-15-38-48(85)78-41(16-4-6-24-62)55(92)83-29-11-20-46(83)54(91)77-40(18-9-28-74-60(70)95)50(87)82-45(53(90)79-42(56(93)94)19-10-27-73-59(68)69)33-97-96-32-44(52(89)76-38)81-49(86)39(17-8-26-72-58(66)67)75-51(88)43(80-47(84)37(63)14-7-25-71-57(64)65)31-34-21-22-35-12-1-2-13-36(35)30-34/h1-2,12-13,21-22,30,37-46H,3-11,14-20,23-29,31-33,61-63H2,(H,75,88)(H,76,89)(H,77,91)(H,78,85)(H,79,90)(H,80,84)(H,81,86)(H,82,87)(H,93,94)(H4,64,65,71)(H4,66,67,72)(H4,68,69,73)(H3,70,74,95)/t37-,38-,39-,40-,41+,42-,43-,44-,45-,46-/m0/s1. The molecule has 2 aliphatic rings. The lowest BCUT2D eigenvalue weighted by Crippen LogP contribution is -2.61. The van der Waals surface area contributed by atoms with Crippen molar-refractivity contribution in [2.45, 2.75) is 170 Å². The Hall–Kier alpha value is -8.94. The fraction of sp³-hybridized carbons (Fsp3) is 0.600. The third-order valence-electron chi connectivity index (χ3n) is 15.7. The molecule has 0 spiro atoms. The molecule has 37 heteroatoms. The van der Waals surface area contributed by atoms with Gasteiger partial charge < -0.3 is 115 Å². The summed E-state index contributed by atoms with van der Waals surface area (Å²) in [6, 6.07) is -1.79. The number of amides is 11. The molecule has 0 bridgehead atoms. The Morgan fingerprint density at radius 3 is 1.74 bits per heavy atom. The van der Waals surface area contributed by atoms with Crippen molar-refractivity contribution in [3.63, 3.8) is 0 Å². The molecule has 0 saturated carbocycles. The van der Waals surface area contributed by atoms with Gasteiger partial charge in [0.1, 0.15) is 54.4 Å². The molecular formula is C60H99N23O12S2. The molecule has 2 saturated heterocycles. The monoisotopic (exact) mass is 1400 g/mol. The fourth-order valence-electron chi connectivity index (χ4n) is 10.6. The average Bonchev–Trinajstić information content (AvgIpc) is 1.75. The lowest BCUT2D eigenvalue weighted by Gasteiger charge is -2.31. The van der Waals surface area contributed by atoms with E-state index in [1.165, 1.54) is 4.90 Å². The number of nitrogens with zero attached hydrogens (tertiary/aromatic N) is 4. The van der Waals surface area contributed by atoms with E-state index in [1.807, 2.05) is 36.4 Å². The van der Waals surface area contributed by atoms with Crippen LogP contribution >= 0.6 is 21.6 Å². The van der Waals surface area contributed by atoms with Crippen LogP contribution in [-0.2, 0) is 54.4 Å². The third kappa shape index (κ3) is 29.5. The molecule has 538 valence electrons. The van der Waals surface area contributed by atoms with Crippen LogP contribution in [0.2, 0.25) is 0 Å². The fourth-order valence-corrected chi connectivity index (χ4v) is 12.9. The van der Waals surface area contributed by atoms with Gasteiger partial charge in [0.15, 0.2) is 17.9 Å². The zero-order valence-electron chi connectivity index (χ0n) is 54.5. The van der Waals surface area contributed by atoms with Gasteiger partial charge in [0.25, 0.3) is 0 Å². The summed E-state index contributed by atoms with van der Waals surface area (Å²) in [5.74, 6) is -10.3. The Morgan fingerprint density at radius 2 is 1.13 bits per heavy atom. The molecule has 2 aromatic carbocycles. The van der Waals surface area contributed by atoms with Crippen molar-refractivity contribution in [1.82, 2.24) is 52.8 Å². The Balaban J connectivity index is 1.84. The summed E-state index contributed by atoms with van der Waals surface area (Å²) in [4.78, 5) is 169. The number of fused-ring (bicyclic) bond motifs is 2. The van der Waals surface area contributed by atoms with Crippen molar-refractivity contribution >= 4 is 115 Å². The second-order valence-electron chi connectivity index (χ2n) is 23.4. The summed E-state index contributed by atoms with van der Waals surface area (Å²) in [5.41, 5.74) is 57.2. The number of nitrogens with two attached hydrogens (primary N) is 10. The number of carboxylic acids is 1. The molecule has 0 aliphatic carbocycles. The van der Waals surface area contributed by atoms with Gasteiger partial charge in [0.05, 0.1) is 6.04 Å². The molecule has 0 aromatic heterocycles. The number of carbonyl (C=O) groups excluding carboxylic acids is 10. The maximum Gasteiger partial charge on any atom is 0.326 e. The van der Waals surface area contributed by atoms with E-state index in [4.69, 9.17) is 57.3 Å². The van der Waals surface area contributed by atoms with Crippen LogP contribution in [0.5, 0.6) is 0 Å². The lowest BCUT2D eigenvalue weighted by atomic mass is 10.00. The predicted molar refractivity (Wildman–Crippen MR) is 371 cm³/mol. The van der Waals surface area contributed by atoms with E-state index < -0.39 is 126 Å². The van der Waals surface area contributed by atoms with Crippen LogP contribution in [0, 0.1) is 0 Å². The Bertz CT molecular complexity index is 3060. The molecule has 0 unspecified atom stereocenters. The Labute approximate surface area is 570 Å². The van der Waals surface area contributed by atoms with Crippen LogP contribution in [0.15, 0.2) is 57.4 Å². The first kappa shape index (κ1) is 80.5. The topological polar surface area (TPSA) is 617 Å². The summed E-state index contributed by atoms with van der Waals surface area (Å²) < 4.78 is 0. The number of carboxylic acid groups (broad SMARTS) is 1. The third-order valence-corrected chi connectivity index (χ3v) is 18.2. The van der Waals surface area contributed by atoms with Crippen LogP contribution in [0.4, 0.5) is 4.79 Å².